The van der Waals surface area contributed by atoms with Crippen LogP contribution in [0.1, 0.15) is 30.7 Å². The molecule has 0 N–H and O–H groups in total. The van der Waals surface area contributed by atoms with Gasteiger partial charge in [-0.1, -0.05) is 6.07 Å². The molecule has 0 aromatic carbocycles. The summed E-state index contributed by atoms with van der Waals surface area (Å²) in [5.74, 6) is -0.0841. The van der Waals surface area contributed by atoms with Gasteiger partial charge < -0.3 is 9.64 Å². The van der Waals surface area contributed by atoms with Crippen LogP contribution in [0.4, 0.5) is 0 Å². The second-order valence-corrected chi connectivity index (χ2v) is 5.89. The van der Waals surface area contributed by atoms with E-state index in [0.717, 1.165) is 4.88 Å². The standard InChI is InChI=1S/C14H18N2O2S/c1-11(12-4-3-9-19-12)16(2)13(17)14(10-15)5-7-18-8-6-14/h3-4,9,11H,5-8H2,1-2H3. The van der Waals surface area contributed by atoms with Crippen LogP contribution in [0.5, 0.6) is 0 Å². The minimum Gasteiger partial charge on any atom is -0.381 e. The highest BCUT2D eigenvalue weighted by Crippen LogP contribution is 2.34. The van der Waals surface area contributed by atoms with E-state index in [1.165, 1.54) is 0 Å². The molecule has 1 atom stereocenters. The zero-order valence-electron chi connectivity index (χ0n) is 11.3. The fourth-order valence-electron chi connectivity index (χ4n) is 2.33. The van der Waals surface area contributed by atoms with Crippen molar-refractivity contribution in [3.8, 4) is 6.07 Å². The highest BCUT2D eigenvalue weighted by molar-refractivity contribution is 7.10. The minimum atomic E-state index is -0.904. The summed E-state index contributed by atoms with van der Waals surface area (Å²) in [6.07, 6.45) is 0.980. The molecule has 1 aromatic heterocycles. The third-order valence-electron chi connectivity index (χ3n) is 3.83. The predicted molar refractivity (Wildman–Crippen MR) is 73.6 cm³/mol. The lowest BCUT2D eigenvalue weighted by Crippen LogP contribution is -2.45. The summed E-state index contributed by atoms with van der Waals surface area (Å²) in [6, 6.07) is 6.22. The molecule has 1 aliphatic heterocycles. The molecule has 0 aliphatic carbocycles. The van der Waals surface area contributed by atoms with Crippen LogP contribution in [0.2, 0.25) is 0 Å². The maximum Gasteiger partial charge on any atom is 0.243 e. The summed E-state index contributed by atoms with van der Waals surface area (Å²) in [5.41, 5.74) is -0.904. The number of nitrogens with zero attached hydrogens (tertiary/aromatic N) is 2. The van der Waals surface area contributed by atoms with Gasteiger partial charge in [-0.05, 0) is 31.2 Å². The smallest absolute Gasteiger partial charge is 0.243 e. The SMILES string of the molecule is CC(c1cccs1)N(C)C(=O)C1(C#N)CCOCC1. The van der Waals surface area contributed by atoms with E-state index in [9.17, 15) is 10.1 Å². The van der Waals surface area contributed by atoms with Gasteiger partial charge in [0.25, 0.3) is 0 Å². The number of carbonyl (C=O) groups is 1. The molecular weight excluding hydrogens is 260 g/mol. The van der Waals surface area contributed by atoms with E-state index >= 15 is 0 Å². The molecule has 102 valence electrons. The predicted octanol–water partition coefficient (Wildman–Crippen LogP) is 2.59. The summed E-state index contributed by atoms with van der Waals surface area (Å²) < 4.78 is 5.27. The monoisotopic (exact) mass is 278 g/mol. The van der Waals surface area contributed by atoms with Gasteiger partial charge in [0.1, 0.15) is 5.41 Å². The highest BCUT2D eigenvalue weighted by atomic mass is 32.1. The molecule has 1 fully saturated rings. The van der Waals surface area contributed by atoms with Gasteiger partial charge in [-0.2, -0.15) is 5.26 Å². The molecule has 0 saturated carbocycles. The number of ether oxygens (including phenoxy) is 1. The van der Waals surface area contributed by atoms with Crippen molar-refractivity contribution in [2.45, 2.75) is 25.8 Å². The number of rotatable bonds is 3. The topological polar surface area (TPSA) is 53.3 Å². The Morgan fingerprint density at radius 1 is 1.58 bits per heavy atom. The molecule has 19 heavy (non-hydrogen) atoms. The van der Waals surface area contributed by atoms with Gasteiger partial charge in [0.15, 0.2) is 0 Å². The van der Waals surface area contributed by atoms with E-state index in [2.05, 4.69) is 6.07 Å². The first-order valence-corrected chi connectivity index (χ1v) is 7.28. The van der Waals surface area contributed by atoms with E-state index in [0.29, 0.717) is 26.1 Å². The van der Waals surface area contributed by atoms with Crippen LogP contribution in [0, 0.1) is 16.7 Å². The van der Waals surface area contributed by atoms with Gasteiger partial charge >= 0.3 is 0 Å². The third-order valence-corrected chi connectivity index (χ3v) is 4.87. The first-order valence-electron chi connectivity index (χ1n) is 6.40. The Labute approximate surface area is 117 Å². The van der Waals surface area contributed by atoms with Gasteiger partial charge in [0, 0.05) is 25.1 Å². The van der Waals surface area contributed by atoms with Crippen LogP contribution in [0.25, 0.3) is 0 Å². The Balaban J connectivity index is 2.16. The second-order valence-electron chi connectivity index (χ2n) is 4.91. The zero-order valence-corrected chi connectivity index (χ0v) is 12.1. The molecular formula is C14H18N2O2S. The van der Waals surface area contributed by atoms with E-state index in [1.54, 1.807) is 23.3 Å². The van der Waals surface area contributed by atoms with Gasteiger partial charge in [-0.3, -0.25) is 4.79 Å². The summed E-state index contributed by atoms with van der Waals surface area (Å²) >= 11 is 1.63. The lowest BCUT2D eigenvalue weighted by atomic mass is 9.80. The summed E-state index contributed by atoms with van der Waals surface area (Å²) in [5, 5.41) is 11.4. The van der Waals surface area contributed by atoms with Gasteiger partial charge in [-0.15, -0.1) is 11.3 Å². The van der Waals surface area contributed by atoms with E-state index in [-0.39, 0.29) is 11.9 Å². The Hall–Kier alpha value is -1.38. The number of amides is 1. The van der Waals surface area contributed by atoms with Crippen molar-refractivity contribution in [2.75, 3.05) is 20.3 Å². The molecule has 0 bridgehead atoms. The molecule has 1 aromatic rings. The summed E-state index contributed by atoms with van der Waals surface area (Å²) in [6.45, 7) is 2.97. The number of hydrogen-bond acceptors (Lipinski definition) is 4. The molecule has 1 saturated heterocycles. The molecule has 0 spiro atoms. The zero-order chi connectivity index (χ0) is 13.9. The van der Waals surface area contributed by atoms with Crippen molar-refractivity contribution in [1.29, 1.82) is 5.26 Å². The van der Waals surface area contributed by atoms with Crippen LogP contribution in [0.3, 0.4) is 0 Å². The molecule has 4 nitrogen and oxygen atoms in total. The third kappa shape index (κ3) is 2.65. The Morgan fingerprint density at radius 3 is 2.79 bits per heavy atom. The molecule has 2 rings (SSSR count). The molecule has 0 radical (unpaired) electrons. The summed E-state index contributed by atoms with van der Waals surface area (Å²) in [7, 11) is 1.78. The highest BCUT2D eigenvalue weighted by Gasteiger charge is 2.43. The Kier molecular flexibility index (Phi) is 4.23. The maximum absolute atomic E-state index is 12.6. The van der Waals surface area contributed by atoms with Crippen LogP contribution >= 0.6 is 11.3 Å². The average Bonchev–Trinajstić information content (AvgIpc) is 2.99. The number of carbonyl (C=O) groups excluding carboxylic acids is 1. The van der Waals surface area contributed by atoms with Crippen LogP contribution < -0.4 is 0 Å². The Morgan fingerprint density at radius 2 is 2.26 bits per heavy atom. The first kappa shape index (κ1) is 14.0. The largest absolute Gasteiger partial charge is 0.381 e. The van der Waals surface area contributed by atoms with Crippen molar-refractivity contribution in [3.05, 3.63) is 22.4 Å². The molecule has 5 heteroatoms. The second kappa shape index (κ2) is 5.72. The van der Waals surface area contributed by atoms with Crippen LogP contribution in [-0.4, -0.2) is 31.1 Å². The fourth-order valence-corrected chi connectivity index (χ4v) is 3.15. The van der Waals surface area contributed by atoms with Crippen molar-refractivity contribution in [3.63, 3.8) is 0 Å². The number of nitriles is 1. The van der Waals surface area contributed by atoms with Crippen molar-refractivity contribution in [1.82, 2.24) is 4.90 Å². The van der Waals surface area contributed by atoms with Crippen molar-refractivity contribution in [2.24, 2.45) is 5.41 Å². The molecule has 2 heterocycles. The van der Waals surface area contributed by atoms with Crippen LogP contribution in [0.15, 0.2) is 17.5 Å². The molecule has 1 unspecified atom stereocenters. The van der Waals surface area contributed by atoms with Crippen molar-refractivity contribution >= 4 is 17.2 Å². The molecule has 1 aliphatic rings. The minimum absolute atomic E-state index is 0.000528. The number of hydrogen-bond donors (Lipinski definition) is 0. The van der Waals surface area contributed by atoms with Gasteiger partial charge in [0.05, 0.1) is 12.1 Å². The van der Waals surface area contributed by atoms with Crippen molar-refractivity contribution < 1.29 is 9.53 Å². The summed E-state index contributed by atoms with van der Waals surface area (Å²) in [4.78, 5) is 15.5. The normalized spacial score (nSPS) is 19.4. The lowest BCUT2D eigenvalue weighted by molar-refractivity contribution is -0.144. The first-order chi connectivity index (χ1) is 9.10. The number of thiophene rings is 1. The quantitative estimate of drug-likeness (QED) is 0.854. The fraction of sp³-hybridized carbons (Fsp3) is 0.571. The molecule has 1 amide bonds. The van der Waals surface area contributed by atoms with E-state index in [1.807, 2.05) is 24.4 Å². The Bertz CT molecular complexity index is 472. The van der Waals surface area contributed by atoms with E-state index in [4.69, 9.17) is 4.74 Å². The van der Waals surface area contributed by atoms with Crippen LogP contribution in [-0.2, 0) is 9.53 Å². The average molecular weight is 278 g/mol. The van der Waals surface area contributed by atoms with E-state index < -0.39 is 5.41 Å². The van der Waals surface area contributed by atoms with Gasteiger partial charge in [-0.25, -0.2) is 0 Å². The lowest BCUT2D eigenvalue weighted by Gasteiger charge is -2.35. The van der Waals surface area contributed by atoms with Gasteiger partial charge in [0.2, 0.25) is 5.91 Å². The maximum atomic E-state index is 12.6.